The highest BCUT2D eigenvalue weighted by Gasteiger charge is 2.19. The van der Waals surface area contributed by atoms with E-state index >= 15 is 0 Å². The average Bonchev–Trinajstić information content (AvgIpc) is 3.46. The molecule has 0 radical (unpaired) electrons. The van der Waals surface area contributed by atoms with E-state index in [1.165, 1.54) is 295 Å². The van der Waals surface area contributed by atoms with E-state index in [1.54, 1.807) is 0 Å². The van der Waals surface area contributed by atoms with E-state index in [2.05, 4.69) is 57.2 Å². The second kappa shape index (κ2) is 69.1. The second-order valence-electron chi connectivity index (χ2n) is 24.5. The lowest BCUT2D eigenvalue weighted by molar-refractivity contribution is -0.167. The van der Waals surface area contributed by atoms with Gasteiger partial charge in [-0.2, -0.15) is 0 Å². The zero-order valence-electron chi connectivity index (χ0n) is 54.1. The van der Waals surface area contributed by atoms with Gasteiger partial charge in [0.05, 0.1) is 0 Å². The number of esters is 3. The Morgan fingerprint density at radius 2 is 0.450 bits per heavy atom. The van der Waals surface area contributed by atoms with Crippen LogP contribution in [0.3, 0.4) is 0 Å². The highest BCUT2D eigenvalue weighted by molar-refractivity contribution is 5.71. The van der Waals surface area contributed by atoms with Gasteiger partial charge >= 0.3 is 17.9 Å². The summed E-state index contributed by atoms with van der Waals surface area (Å²) < 4.78 is 17.0. The standard InChI is InChI=1S/C74H138O6/c1-4-7-10-13-16-19-22-25-27-29-31-32-33-34-35-36-37-38-39-40-41-42-44-45-47-49-52-55-58-61-64-67-73(76)79-70-71(69-78-72(75)66-63-60-57-54-51-24-21-18-15-12-9-6-3)80-74(77)68-65-62-59-56-53-50-48-46-43-30-28-26-23-20-17-14-11-8-5-2/h17,20,26,28-29,31,71H,4-16,18-19,21-25,27,30,32-70H2,1-3H3/b20-17-,28-26-,31-29-. The van der Waals surface area contributed by atoms with Gasteiger partial charge in [0.15, 0.2) is 6.10 Å². The normalized spacial score (nSPS) is 12.2. The summed E-state index contributed by atoms with van der Waals surface area (Å²) in [6.45, 7) is 6.68. The number of unbranched alkanes of at least 4 members (excludes halogenated alkanes) is 50. The van der Waals surface area contributed by atoms with E-state index in [0.29, 0.717) is 19.3 Å². The molecule has 6 heteroatoms. The fourth-order valence-electron chi connectivity index (χ4n) is 10.9. The topological polar surface area (TPSA) is 78.9 Å². The number of ether oxygens (including phenoxy) is 3. The van der Waals surface area contributed by atoms with Crippen molar-refractivity contribution < 1.29 is 28.6 Å². The minimum absolute atomic E-state index is 0.0681. The van der Waals surface area contributed by atoms with Crippen LogP contribution in [0, 0.1) is 0 Å². The third-order valence-electron chi connectivity index (χ3n) is 16.4. The van der Waals surface area contributed by atoms with Crippen LogP contribution >= 0.6 is 0 Å². The molecule has 80 heavy (non-hydrogen) atoms. The van der Waals surface area contributed by atoms with Gasteiger partial charge in [0.2, 0.25) is 0 Å². The summed E-state index contributed by atoms with van der Waals surface area (Å²) in [4.78, 5) is 38.4. The van der Waals surface area contributed by atoms with Crippen LogP contribution < -0.4 is 0 Å². The van der Waals surface area contributed by atoms with Crippen LogP contribution in [0.2, 0.25) is 0 Å². The van der Waals surface area contributed by atoms with Gasteiger partial charge in [-0.15, -0.1) is 0 Å². The Morgan fingerprint density at radius 3 is 0.725 bits per heavy atom. The summed E-state index contributed by atoms with van der Waals surface area (Å²) in [6, 6.07) is 0. The first-order chi connectivity index (χ1) is 39.5. The van der Waals surface area contributed by atoms with Gasteiger partial charge in [0, 0.05) is 19.3 Å². The second-order valence-corrected chi connectivity index (χ2v) is 24.5. The van der Waals surface area contributed by atoms with Crippen LogP contribution in [0.5, 0.6) is 0 Å². The molecule has 0 fully saturated rings. The molecule has 0 amide bonds. The summed E-state index contributed by atoms with van der Waals surface area (Å²) >= 11 is 0. The molecule has 470 valence electrons. The molecule has 1 atom stereocenters. The maximum Gasteiger partial charge on any atom is 0.306 e. The number of hydrogen-bond acceptors (Lipinski definition) is 6. The fourth-order valence-corrected chi connectivity index (χ4v) is 10.9. The third kappa shape index (κ3) is 66.4. The Balaban J connectivity index is 4.13. The van der Waals surface area contributed by atoms with Gasteiger partial charge in [0.25, 0.3) is 0 Å². The number of carbonyl (C=O) groups excluding carboxylic acids is 3. The lowest BCUT2D eigenvalue weighted by Crippen LogP contribution is -2.30. The molecule has 0 aromatic carbocycles. The maximum absolute atomic E-state index is 12.9. The quantitative estimate of drug-likeness (QED) is 0.0261. The molecule has 0 aliphatic carbocycles. The molecule has 0 aromatic heterocycles. The molecule has 0 saturated carbocycles. The molecule has 0 spiro atoms. The smallest absolute Gasteiger partial charge is 0.306 e. The number of rotatable bonds is 67. The summed E-state index contributed by atoms with van der Waals surface area (Å²) in [5.74, 6) is -0.844. The van der Waals surface area contributed by atoms with Crippen LogP contribution in [-0.4, -0.2) is 37.2 Å². The predicted octanol–water partition coefficient (Wildman–Crippen LogP) is 24.7. The monoisotopic (exact) mass is 1120 g/mol. The van der Waals surface area contributed by atoms with Gasteiger partial charge in [-0.1, -0.05) is 340 Å². The number of hydrogen-bond donors (Lipinski definition) is 0. The van der Waals surface area contributed by atoms with Crippen molar-refractivity contribution >= 4 is 17.9 Å². The Kier molecular flexibility index (Phi) is 67.1. The Morgan fingerprint density at radius 1 is 0.250 bits per heavy atom. The molecule has 0 bridgehead atoms. The summed E-state index contributed by atoms with van der Waals surface area (Å²) in [6.07, 6.45) is 86.1. The molecule has 0 aliphatic heterocycles. The van der Waals surface area contributed by atoms with Crippen molar-refractivity contribution in [3.05, 3.63) is 36.5 Å². The molecule has 0 saturated heterocycles. The Labute approximate surface area is 499 Å². The van der Waals surface area contributed by atoms with Crippen LogP contribution in [0.25, 0.3) is 0 Å². The zero-order chi connectivity index (χ0) is 57.8. The van der Waals surface area contributed by atoms with Gasteiger partial charge < -0.3 is 14.2 Å². The largest absolute Gasteiger partial charge is 0.462 e. The van der Waals surface area contributed by atoms with E-state index in [-0.39, 0.29) is 31.1 Å². The van der Waals surface area contributed by atoms with Crippen molar-refractivity contribution in [2.75, 3.05) is 13.2 Å². The minimum Gasteiger partial charge on any atom is -0.462 e. The van der Waals surface area contributed by atoms with Crippen LogP contribution in [0.4, 0.5) is 0 Å². The maximum atomic E-state index is 12.9. The molecule has 0 heterocycles. The van der Waals surface area contributed by atoms with Gasteiger partial charge in [-0.05, 0) is 77.0 Å². The number of carbonyl (C=O) groups is 3. The third-order valence-corrected chi connectivity index (χ3v) is 16.4. The van der Waals surface area contributed by atoms with Crippen LogP contribution in [-0.2, 0) is 28.6 Å². The van der Waals surface area contributed by atoms with E-state index in [1.807, 2.05) is 0 Å². The van der Waals surface area contributed by atoms with Crippen LogP contribution in [0.1, 0.15) is 400 Å². The first-order valence-electron chi connectivity index (χ1n) is 36.0. The molecule has 1 unspecified atom stereocenters. The molecular formula is C74H138O6. The number of allylic oxidation sites excluding steroid dienone is 6. The van der Waals surface area contributed by atoms with Gasteiger partial charge in [-0.3, -0.25) is 14.4 Å². The average molecular weight is 1120 g/mol. The van der Waals surface area contributed by atoms with Crippen molar-refractivity contribution in [3.8, 4) is 0 Å². The molecule has 0 rings (SSSR count). The van der Waals surface area contributed by atoms with Crippen molar-refractivity contribution in [1.29, 1.82) is 0 Å². The summed E-state index contributed by atoms with van der Waals surface area (Å²) in [5.41, 5.74) is 0. The Bertz CT molecular complexity index is 1340. The predicted molar refractivity (Wildman–Crippen MR) is 349 cm³/mol. The summed E-state index contributed by atoms with van der Waals surface area (Å²) in [5, 5.41) is 0. The Hall–Kier alpha value is -2.37. The SMILES string of the molecule is CCCCC/C=C\C/C=C\CCCCCCCCCCCC(=O)OC(COC(=O)CCCCCCCCCCCCCC)COC(=O)CCCCCCCCCCCCCCCCCCCCC/C=C\CCCCCCCCCC. The van der Waals surface area contributed by atoms with Crippen LogP contribution in [0.15, 0.2) is 36.5 Å². The molecule has 0 aliphatic rings. The molecule has 0 N–H and O–H groups in total. The molecule has 6 nitrogen and oxygen atoms in total. The highest BCUT2D eigenvalue weighted by atomic mass is 16.6. The zero-order valence-corrected chi connectivity index (χ0v) is 54.1. The first kappa shape index (κ1) is 77.6. The van der Waals surface area contributed by atoms with Crippen molar-refractivity contribution in [1.82, 2.24) is 0 Å². The fraction of sp³-hybridized carbons (Fsp3) is 0.878. The highest BCUT2D eigenvalue weighted by Crippen LogP contribution is 2.18. The van der Waals surface area contributed by atoms with Crippen molar-refractivity contribution in [2.24, 2.45) is 0 Å². The van der Waals surface area contributed by atoms with Crippen molar-refractivity contribution in [2.45, 2.75) is 406 Å². The lowest BCUT2D eigenvalue weighted by Gasteiger charge is -2.18. The minimum atomic E-state index is -0.771. The van der Waals surface area contributed by atoms with E-state index in [0.717, 1.165) is 64.2 Å². The van der Waals surface area contributed by atoms with Gasteiger partial charge in [-0.25, -0.2) is 0 Å². The first-order valence-corrected chi connectivity index (χ1v) is 36.0. The lowest BCUT2D eigenvalue weighted by atomic mass is 10.0. The molecule has 0 aromatic rings. The van der Waals surface area contributed by atoms with Crippen molar-refractivity contribution in [3.63, 3.8) is 0 Å². The molecular weight excluding hydrogens is 985 g/mol. The van der Waals surface area contributed by atoms with Gasteiger partial charge in [0.1, 0.15) is 13.2 Å². The van der Waals surface area contributed by atoms with E-state index in [9.17, 15) is 14.4 Å². The van der Waals surface area contributed by atoms with E-state index in [4.69, 9.17) is 14.2 Å². The summed E-state index contributed by atoms with van der Waals surface area (Å²) in [7, 11) is 0. The van der Waals surface area contributed by atoms with E-state index < -0.39 is 6.10 Å².